The summed E-state index contributed by atoms with van der Waals surface area (Å²) in [6.45, 7) is 1.01. The van der Waals surface area contributed by atoms with Crippen molar-refractivity contribution in [1.82, 2.24) is 24.2 Å². The lowest BCUT2D eigenvalue weighted by molar-refractivity contribution is -0.275. The molecule has 2 aromatic carbocycles. The van der Waals surface area contributed by atoms with Gasteiger partial charge in [-0.3, -0.25) is 14.5 Å². The van der Waals surface area contributed by atoms with E-state index in [-0.39, 0.29) is 19.0 Å². The van der Waals surface area contributed by atoms with Crippen LogP contribution in [0.2, 0.25) is 0 Å². The fourth-order valence-corrected chi connectivity index (χ4v) is 3.83. The van der Waals surface area contributed by atoms with Gasteiger partial charge in [-0.2, -0.15) is 5.10 Å². The van der Waals surface area contributed by atoms with E-state index in [1.807, 2.05) is 51.9 Å². The number of alkyl halides is 3. The van der Waals surface area contributed by atoms with Crippen LogP contribution in [-0.4, -0.2) is 37.6 Å². The number of aromatic nitrogens is 4. The molecule has 4 aromatic rings. The summed E-state index contributed by atoms with van der Waals surface area (Å²) in [6.07, 6.45) is -1.35. The fourth-order valence-electron chi connectivity index (χ4n) is 3.58. The lowest BCUT2D eigenvalue weighted by atomic mass is 10.2. The zero-order chi connectivity index (χ0) is 24.1. The lowest BCUT2D eigenvalue weighted by Crippen LogP contribution is -2.24. The molecule has 6 nitrogen and oxygen atoms in total. The van der Waals surface area contributed by atoms with Crippen LogP contribution in [0.25, 0.3) is 11.4 Å². The first kappa shape index (κ1) is 23.7. The molecular formula is C24H22F3N5OS. The van der Waals surface area contributed by atoms with E-state index in [2.05, 4.69) is 9.72 Å². The Bertz CT molecular complexity index is 1290. The van der Waals surface area contributed by atoms with Gasteiger partial charge in [0.1, 0.15) is 5.75 Å². The first-order valence-corrected chi connectivity index (χ1v) is 10.8. The van der Waals surface area contributed by atoms with Crippen LogP contribution in [0.1, 0.15) is 11.1 Å². The Balaban J connectivity index is 1.61. The smallest absolute Gasteiger partial charge is 0.405 e. The van der Waals surface area contributed by atoms with Crippen LogP contribution in [0.15, 0.2) is 79.1 Å². The molecule has 2 heterocycles. The molecule has 0 saturated carbocycles. The van der Waals surface area contributed by atoms with Gasteiger partial charge in [0.15, 0.2) is 10.6 Å². The van der Waals surface area contributed by atoms with Crippen molar-refractivity contribution in [1.29, 1.82) is 0 Å². The first-order valence-electron chi connectivity index (χ1n) is 10.4. The normalized spacial score (nSPS) is 11.7. The van der Waals surface area contributed by atoms with Gasteiger partial charge in [0.05, 0.1) is 13.2 Å². The fraction of sp³-hybridized carbons (Fsp3) is 0.208. The summed E-state index contributed by atoms with van der Waals surface area (Å²) >= 11 is 5.74. The number of ether oxygens (including phenoxy) is 1. The van der Waals surface area contributed by atoms with Crippen molar-refractivity contribution in [3.63, 3.8) is 0 Å². The van der Waals surface area contributed by atoms with Crippen molar-refractivity contribution in [2.24, 2.45) is 0 Å². The predicted octanol–water partition coefficient (Wildman–Crippen LogP) is 5.51. The third-order valence-electron chi connectivity index (χ3n) is 5.04. The molecule has 34 heavy (non-hydrogen) atoms. The SMILES string of the molecule is CN(Cc1ccccc1OC(F)(F)F)Cn1nc(-c2cccnc2)n(Cc2ccccc2)c1=S. The second kappa shape index (κ2) is 10.2. The van der Waals surface area contributed by atoms with Gasteiger partial charge in [-0.15, -0.1) is 13.2 Å². The summed E-state index contributed by atoms with van der Waals surface area (Å²) in [6, 6.07) is 19.7. The largest absolute Gasteiger partial charge is 0.573 e. The van der Waals surface area contributed by atoms with Gasteiger partial charge in [-0.25, -0.2) is 4.68 Å². The molecule has 4 rings (SSSR count). The Hall–Kier alpha value is -3.50. The molecule has 0 saturated heterocycles. The summed E-state index contributed by atoms with van der Waals surface area (Å²) in [5.74, 6) is 0.437. The predicted molar refractivity (Wildman–Crippen MR) is 124 cm³/mol. The van der Waals surface area contributed by atoms with Crippen molar-refractivity contribution in [3.05, 3.63) is 95.0 Å². The minimum Gasteiger partial charge on any atom is -0.405 e. The van der Waals surface area contributed by atoms with Gasteiger partial charge in [-0.1, -0.05) is 48.5 Å². The molecule has 2 aromatic heterocycles. The third kappa shape index (κ3) is 5.89. The Morgan fingerprint density at radius 3 is 2.44 bits per heavy atom. The lowest BCUT2D eigenvalue weighted by Gasteiger charge is -2.19. The molecule has 0 N–H and O–H groups in total. The Kier molecular flexibility index (Phi) is 7.09. The van der Waals surface area contributed by atoms with Gasteiger partial charge >= 0.3 is 6.36 Å². The van der Waals surface area contributed by atoms with Crippen LogP contribution < -0.4 is 4.74 Å². The first-order chi connectivity index (χ1) is 16.3. The van der Waals surface area contributed by atoms with Crippen LogP contribution >= 0.6 is 12.2 Å². The van der Waals surface area contributed by atoms with Crippen LogP contribution in [0.5, 0.6) is 5.75 Å². The molecule has 0 aliphatic carbocycles. The van der Waals surface area contributed by atoms with Crippen molar-refractivity contribution in [2.75, 3.05) is 7.05 Å². The van der Waals surface area contributed by atoms with Gasteiger partial charge in [-0.05, 0) is 43.0 Å². The number of hydrogen-bond donors (Lipinski definition) is 0. The average molecular weight is 486 g/mol. The van der Waals surface area contributed by atoms with E-state index in [1.165, 1.54) is 12.1 Å². The number of pyridine rings is 1. The average Bonchev–Trinajstić information content (AvgIpc) is 3.10. The monoisotopic (exact) mass is 485 g/mol. The molecule has 0 atom stereocenters. The molecule has 0 amide bonds. The van der Waals surface area contributed by atoms with E-state index in [0.717, 1.165) is 11.1 Å². The second-order valence-corrected chi connectivity index (χ2v) is 8.10. The molecule has 0 aliphatic heterocycles. The van der Waals surface area contributed by atoms with Gasteiger partial charge in [0, 0.05) is 30.1 Å². The van der Waals surface area contributed by atoms with Gasteiger partial charge in [0.2, 0.25) is 0 Å². The minimum atomic E-state index is -4.76. The summed E-state index contributed by atoms with van der Waals surface area (Å²) < 4.78 is 46.6. The van der Waals surface area contributed by atoms with Crippen LogP contribution in [0, 0.1) is 4.77 Å². The number of rotatable bonds is 8. The summed E-state index contributed by atoms with van der Waals surface area (Å²) in [7, 11) is 1.78. The highest BCUT2D eigenvalue weighted by atomic mass is 32.1. The second-order valence-electron chi connectivity index (χ2n) is 7.73. The number of benzene rings is 2. The van der Waals surface area contributed by atoms with Crippen molar-refractivity contribution in [2.45, 2.75) is 26.1 Å². The Morgan fingerprint density at radius 1 is 1.00 bits per heavy atom. The highest BCUT2D eigenvalue weighted by Gasteiger charge is 2.32. The molecule has 0 radical (unpaired) electrons. The summed E-state index contributed by atoms with van der Waals surface area (Å²) in [5.41, 5.74) is 2.29. The van der Waals surface area contributed by atoms with E-state index in [1.54, 1.807) is 36.3 Å². The highest BCUT2D eigenvalue weighted by Crippen LogP contribution is 2.27. The van der Waals surface area contributed by atoms with Crippen LogP contribution in [0.3, 0.4) is 0 Å². The number of halogens is 3. The number of nitrogens with zero attached hydrogens (tertiary/aromatic N) is 5. The Morgan fingerprint density at radius 2 is 1.74 bits per heavy atom. The van der Waals surface area contributed by atoms with Crippen molar-refractivity contribution >= 4 is 12.2 Å². The maximum atomic E-state index is 12.8. The van der Waals surface area contributed by atoms with Gasteiger partial charge < -0.3 is 4.74 Å². The molecule has 0 unspecified atom stereocenters. The zero-order valence-electron chi connectivity index (χ0n) is 18.3. The van der Waals surface area contributed by atoms with Gasteiger partial charge in [0.25, 0.3) is 0 Å². The molecular weight excluding hydrogens is 463 g/mol. The quantitative estimate of drug-likeness (QED) is 0.308. The number of para-hydroxylation sites is 1. The van der Waals surface area contributed by atoms with E-state index in [0.29, 0.717) is 22.7 Å². The van der Waals surface area contributed by atoms with E-state index >= 15 is 0 Å². The number of hydrogen-bond acceptors (Lipinski definition) is 5. The molecule has 0 spiro atoms. The van der Waals surface area contributed by atoms with Crippen molar-refractivity contribution < 1.29 is 17.9 Å². The van der Waals surface area contributed by atoms with E-state index in [9.17, 15) is 13.2 Å². The summed E-state index contributed by atoms with van der Waals surface area (Å²) in [5, 5.41) is 4.72. The molecule has 176 valence electrons. The topological polar surface area (TPSA) is 48.1 Å². The standard InChI is InChI=1S/C24H22F3N5OS/c1-30(16-20-10-5-6-12-21(20)33-24(25,26)27)17-32-23(34)31(15-18-8-3-2-4-9-18)22(29-32)19-11-7-13-28-14-19/h2-14H,15-17H2,1H3. The maximum absolute atomic E-state index is 12.8. The Labute approximate surface area is 199 Å². The third-order valence-corrected chi connectivity index (χ3v) is 5.47. The maximum Gasteiger partial charge on any atom is 0.573 e. The van der Waals surface area contributed by atoms with Crippen molar-refractivity contribution in [3.8, 4) is 17.1 Å². The molecule has 10 heteroatoms. The molecule has 0 aliphatic rings. The van der Waals surface area contributed by atoms with E-state index < -0.39 is 6.36 Å². The van der Waals surface area contributed by atoms with E-state index in [4.69, 9.17) is 17.3 Å². The zero-order valence-corrected chi connectivity index (χ0v) is 19.1. The minimum absolute atomic E-state index is 0.210. The van der Waals surface area contributed by atoms with Crippen LogP contribution in [0.4, 0.5) is 13.2 Å². The molecule has 0 fully saturated rings. The molecule has 0 bridgehead atoms. The highest BCUT2D eigenvalue weighted by molar-refractivity contribution is 7.71. The van der Waals surface area contributed by atoms with Crippen LogP contribution in [-0.2, 0) is 19.8 Å². The summed E-state index contributed by atoms with van der Waals surface area (Å²) in [4.78, 5) is 6.01.